The first-order valence-electron chi connectivity index (χ1n) is 5.46. The van der Waals surface area contributed by atoms with Crippen LogP contribution in [0.15, 0.2) is 0 Å². The molecule has 0 saturated heterocycles. The number of carbonyl (C=O) groups excluding carboxylic acids is 1. The van der Waals surface area contributed by atoms with Gasteiger partial charge in [0.1, 0.15) is 0 Å². The number of carbonyl (C=O) groups is 1. The highest BCUT2D eigenvalue weighted by atomic mass is 16.3. The summed E-state index contributed by atoms with van der Waals surface area (Å²) in [5, 5.41) is 11.7. The van der Waals surface area contributed by atoms with E-state index in [2.05, 4.69) is 5.32 Å². The van der Waals surface area contributed by atoms with Crippen molar-refractivity contribution in [3.8, 4) is 0 Å². The summed E-state index contributed by atoms with van der Waals surface area (Å²) in [4.78, 5) is 13.3. The number of nitrogens with zero attached hydrogens (tertiary/aromatic N) is 1. The fraction of sp³-hybridized carbons (Fsp3) is 0.900. The molecule has 0 aliphatic carbocycles. The molecule has 4 N–H and O–H groups in total. The van der Waals surface area contributed by atoms with Gasteiger partial charge in [-0.15, -0.1) is 0 Å². The highest BCUT2D eigenvalue weighted by molar-refractivity contribution is 5.78. The monoisotopic (exact) mass is 217 g/mol. The Morgan fingerprint density at radius 3 is 2.67 bits per heavy atom. The predicted molar refractivity (Wildman–Crippen MR) is 60.5 cm³/mol. The Morgan fingerprint density at radius 2 is 2.20 bits per heavy atom. The largest absolute Gasteiger partial charge is 0.395 e. The summed E-state index contributed by atoms with van der Waals surface area (Å²) >= 11 is 0. The van der Waals surface area contributed by atoms with Gasteiger partial charge in [0.25, 0.3) is 0 Å². The number of aliphatic hydroxyl groups excluding tert-OH is 1. The molecule has 0 rings (SSSR count). The van der Waals surface area contributed by atoms with E-state index in [1.165, 1.54) is 0 Å². The minimum absolute atomic E-state index is 0.00810. The van der Waals surface area contributed by atoms with Crippen molar-refractivity contribution in [2.24, 2.45) is 5.73 Å². The maximum atomic E-state index is 11.5. The molecule has 1 unspecified atom stereocenters. The van der Waals surface area contributed by atoms with Crippen LogP contribution in [0, 0.1) is 0 Å². The lowest BCUT2D eigenvalue weighted by molar-refractivity contribution is -0.122. The number of amides is 1. The second kappa shape index (κ2) is 8.64. The maximum absolute atomic E-state index is 11.5. The lowest BCUT2D eigenvalue weighted by atomic mass is 10.2. The van der Waals surface area contributed by atoms with Gasteiger partial charge in [-0.3, -0.25) is 9.69 Å². The van der Waals surface area contributed by atoms with Crippen molar-refractivity contribution in [2.45, 2.75) is 26.3 Å². The Bertz CT molecular complexity index is 170. The summed E-state index contributed by atoms with van der Waals surface area (Å²) in [5.41, 5.74) is 5.41. The highest BCUT2D eigenvalue weighted by Gasteiger charge is 2.10. The van der Waals surface area contributed by atoms with Crippen LogP contribution >= 0.6 is 0 Å². The fourth-order valence-electron chi connectivity index (χ4n) is 1.22. The van der Waals surface area contributed by atoms with E-state index in [0.29, 0.717) is 26.2 Å². The minimum atomic E-state index is -0.00810. The van der Waals surface area contributed by atoms with Crippen molar-refractivity contribution in [1.82, 2.24) is 10.2 Å². The molecule has 15 heavy (non-hydrogen) atoms. The molecule has 0 aromatic carbocycles. The molecule has 5 nitrogen and oxygen atoms in total. The Balaban J connectivity index is 3.87. The van der Waals surface area contributed by atoms with Crippen molar-refractivity contribution in [2.75, 3.05) is 32.8 Å². The average Bonchev–Trinajstić information content (AvgIpc) is 2.18. The van der Waals surface area contributed by atoms with Crippen LogP contribution in [-0.4, -0.2) is 54.7 Å². The quantitative estimate of drug-likeness (QED) is 0.495. The Labute approximate surface area is 91.6 Å². The van der Waals surface area contributed by atoms with Gasteiger partial charge in [-0.2, -0.15) is 0 Å². The first-order valence-corrected chi connectivity index (χ1v) is 5.46. The molecular formula is C10H23N3O2. The smallest absolute Gasteiger partial charge is 0.234 e. The van der Waals surface area contributed by atoms with Gasteiger partial charge in [0.15, 0.2) is 0 Å². The Kier molecular flexibility index (Phi) is 8.27. The second-order valence-electron chi connectivity index (χ2n) is 3.67. The summed E-state index contributed by atoms with van der Waals surface area (Å²) in [7, 11) is 0. The van der Waals surface area contributed by atoms with Crippen LogP contribution in [0.25, 0.3) is 0 Å². The van der Waals surface area contributed by atoms with E-state index in [9.17, 15) is 4.79 Å². The third-order valence-corrected chi connectivity index (χ3v) is 2.25. The number of aliphatic hydroxyl groups is 1. The van der Waals surface area contributed by atoms with E-state index in [-0.39, 0.29) is 18.6 Å². The molecule has 90 valence electrons. The zero-order valence-corrected chi connectivity index (χ0v) is 9.70. The van der Waals surface area contributed by atoms with Crippen molar-refractivity contribution >= 4 is 5.91 Å². The summed E-state index contributed by atoms with van der Waals surface area (Å²) in [6, 6.07) is 0.200. The van der Waals surface area contributed by atoms with Crippen LogP contribution in [-0.2, 0) is 4.79 Å². The number of nitrogens with two attached hydrogens (primary N) is 1. The molecule has 0 saturated carbocycles. The maximum Gasteiger partial charge on any atom is 0.234 e. The van der Waals surface area contributed by atoms with Crippen molar-refractivity contribution in [3.63, 3.8) is 0 Å². The predicted octanol–water partition coefficient (Wildman–Crippen LogP) is -0.846. The highest BCUT2D eigenvalue weighted by Crippen LogP contribution is 1.90. The van der Waals surface area contributed by atoms with Crippen molar-refractivity contribution < 1.29 is 9.90 Å². The zero-order valence-electron chi connectivity index (χ0n) is 9.70. The van der Waals surface area contributed by atoms with Crippen LogP contribution in [0.5, 0.6) is 0 Å². The van der Waals surface area contributed by atoms with E-state index < -0.39 is 0 Å². The van der Waals surface area contributed by atoms with Gasteiger partial charge >= 0.3 is 0 Å². The standard InChI is InChI=1S/C10H23N3O2/c1-3-9(2)12-10(15)8-13(5-4-11)6-7-14/h9,14H,3-8,11H2,1-2H3,(H,12,15). The molecule has 0 aliphatic rings. The van der Waals surface area contributed by atoms with Gasteiger partial charge in [-0.25, -0.2) is 0 Å². The van der Waals surface area contributed by atoms with Gasteiger partial charge < -0.3 is 16.2 Å². The molecule has 0 spiro atoms. The molecule has 0 radical (unpaired) electrons. The zero-order chi connectivity index (χ0) is 11.7. The molecule has 0 heterocycles. The minimum Gasteiger partial charge on any atom is -0.395 e. The SMILES string of the molecule is CCC(C)NC(=O)CN(CCN)CCO. The summed E-state index contributed by atoms with van der Waals surface area (Å²) < 4.78 is 0. The molecule has 0 fully saturated rings. The number of hydrogen-bond donors (Lipinski definition) is 3. The van der Waals surface area contributed by atoms with E-state index >= 15 is 0 Å². The fourth-order valence-corrected chi connectivity index (χ4v) is 1.22. The summed E-state index contributed by atoms with van der Waals surface area (Å²) in [6.45, 7) is 5.97. The molecule has 5 heteroatoms. The molecule has 0 bridgehead atoms. The van der Waals surface area contributed by atoms with Crippen LogP contribution in [0.4, 0.5) is 0 Å². The lowest BCUT2D eigenvalue weighted by Gasteiger charge is -2.21. The van der Waals surface area contributed by atoms with E-state index in [4.69, 9.17) is 10.8 Å². The van der Waals surface area contributed by atoms with Crippen LogP contribution < -0.4 is 11.1 Å². The third-order valence-electron chi connectivity index (χ3n) is 2.25. The van der Waals surface area contributed by atoms with Gasteiger partial charge in [0.05, 0.1) is 13.2 Å². The first kappa shape index (κ1) is 14.3. The Morgan fingerprint density at radius 1 is 1.53 bits per heavy atom. The first-order chi connectivity index (χ1) is 7.13. The lowest BCUT2D eigenvalue weighted by Crippen LogP contribution is -2.43. The molecule has 0 aliphatic heterocycles. The van der Waals surface area contributed by atoms with Crippen LogP contribution in [0.3, 0.4) is 0 Å². The molecule has 1 amide bonds. The molecule has 0 aromatic rings. The summed E-state index contributed by atoms with van der Waals surface area (Å²) in [6.07, 6.45) is 0.919. The van der Waals surface area contributed by atoms with Gasteiger partial charge in [-0.05, 0) is 13.3 Å². The number of rotatable bonds is 8. The van der Waals surface area contributed by atoms with Crippen LogP contribution in [0.2, 0.25) is 0 Å². The molecule has 0 aromatic heterocycles. The van der Waals surface area contributed by atoms with Gasteiger partial charge in [0, 0.05) is 25.7 Å². The van der Waals surface area contributed by atoms with Crippen molar-refractivity contribution in [3.05, 3.63) is 0 Å². The molecular weight excluding hydrogens is 194 g/mol. The average molecular weight is 217 g/mol. The van der Waals surface area contributed by atoms with E-state index in [0.717, 1.165) is 6.42 Å². The van der Waals surface area contributed by atoms with E-state index in [1.807, 2.05) is 18.7 Å². The van der Waals surface area contributed by atoms with E-state index in [1.54, 1.807) is 0 Å². The Hall–Kier alpha value is -0.650. The number of nitrogens with one attached hydrogen (secondary N) is 1. The summed E-state index contributed by atoms with van der Waals surface area (Å²) in [5.74, 6) is -0.00810. The molecule has 1 atom stereocenters. The third kappa shape index (κ3) is 7.30. The van der Waals surface area contributed by atoms with Crippen LogP contribution in [0.1, 0.15) is 20.3 Å². The normalized spacial score (nSPS) is 12.9. The van der Waals surface area contributed by atoms with Gasteiger partial charge in [-0.1, -0.05) is 6.92 Å². The second-order valence-corrected chi connectivity index (χ2v) is 3.67. The van der Waals surface area contributed by atoms with Crippen molar-refractivity contribution in [1.29, 1.82) is 0 Å². The van der Waals surface area contributed by atoms with Gasteiger partial charge in [0.2, 0.25) is 5.91 Å². The number of hydrogen-bond acceptors (Lipinski definition) is 4. The topological polar surface area (TPSA) is 78.6 Å².